The van der Waals surface area contributed by atoms with Crippen molar-refractivity contribution >= 4 is 39.5 Å². The molecule has 0 fully saturated rings. The van der Waals surface area contributed by atoms with Crippen molar-refractivity contribution in [3.63, 3.8) is 0 Å². The number of carbonyl (C=O) groups is 4. The summed E-state index contributed by atoms with van der Waals surface area (Å²) in [7, 11) is -9.89. The molecule has 0 aliphatic carbocycles. The highest BCUT2D eigenvalue weighted by Gasteiger charge is 2.30. The van der Waals surface area contributed by atoms with Gasteiger partial charge >= 0.3 is 39.5 Å². The maximum absolute atomic E-state index is 13.0. The Kier molecular flexibility index (Phi) is 59.0. The van der Waals surface area contributed by atoms with Gasteiger partial charge in [-0.25, -0.2) is 9.13 Å². The standard InChI is InChI=1S/C68H132O17P2/c1-7-10-12-14-15-16-17-23-28-34-40-46-52-67(72)84-63(56-78-65(70)50-44-36-13-11-8-2)58-82-86(74,75)80-54-62(69)55-81-87(76,77)83-59-64(57-79-66(71)51-45-39-33-30-25-26-31-37-42-48-60(4)5)85-68(73)53-47-41-35-29-24-21-19-18-20-22-27-32-38-43-49-61(6)9-3/h60-64,69H,7-59H2,1-6H3,(H,74,75)(H,76,77)/t61?,62-,63+,64+/m0/s1. The lowest BCUT2D eigenvalue weighted by Gasteiger charge is -2.21. The Morgan fingerprint density at radius 3 is 0.874 bits per heavy atom. The number of rotatable bonds is 67. The Bertz CT molecular complexity index is 1700. The topological polar surface area (TPSA) is 237 Å². The Labute approximate surface area is 530 Å². The van der Waals surface area contributed by atoms with Crippen LogP contribution in [0.15, 0.2) is 0 Å². The van der Waals surface area contributed by atoms with Crippen LogP contribution in [-0.4, -0.2) is 96.7 Å². The second-order valence-corrected chi connectivity index (χ2v) is 28.2. The largest absolute Gasteiger partial charge is 0.472 e. The minimum Gasteiger partial charge on any atom is -0.462 e. The van der Waals surface area contributed by atoms with Crippen LogP contribution >= 0.6 is 15.6 Å². The minimum atomic E-state index is -4.95. The normalized spacial score (nSPS) is 14.5. The average Bonchev–Trinajstić information content (AvgIpc) is 3.71. The van der Waals surface area contributed by atoms with Crippen LogP contribution < -0.4 is 0 Å². The van der Waals surface area contributed by atoms with Crippen molar-refractivity contribution in [2.75, 3.05) is 39.6 Å². The van der Waals surface area contributed by atoms with Crippen molar-refractivity contribution in [2.24, 2.45) is 11.8 Å². The van der Waals surface area contributed by atoms with Crippen LogP contribution in [0.5, 0.6) is 0 Å². The molecule has 516 valence electrons. The summed E-state index contributed by atoms with van der Waals surface area (Å²) in [5.74, 6) is -0.548. The number of phosphoric ester groups is 2. The first-order chi connectivity index (χ1) is 41.9. The molecular formula is C68H132O17P2. The molecule has 0 radical (unpaired) electrons. The van der Waals surface area contributed by atoms with E-state index in [1.165, 1.54) is 154 Å². The van der Waals surface area contributed by atoms with Crippen molar-refractivity contribution < 1.29 is 80.2 Å². The third kappa shape index (κ3) is 61.3. The van der Waals surface area contributed by atoms with E-state index in [1.807, 2.05) is 0 Å². The van der Waals surface area contributed by atoms with Gasteiger partial charge in [-0.05, 0) is 37.5 Å². The van der Waals surface area contributed by atoms with Crippen molar-refractivity contribution in [3.8, 4) is 0 Å². The van der Waals surface area contributed by atoms with E-state index in [-0.39, 0.29) is 25.7 Å². The third-order valence-corrected chi connectivity index (χ3v) is 18.0. The molecule has 0 aromatic carbocycles. The molecule has 19 heteroatoms. The lowest BCUT2D eigenvalue weighted by atomic mass is 9.99. The highest BCUT2D eigenvalue weighted by molar-refractivity contribution is 7.47. The Balaban J connectivity index is 5.15. The number of aliphatic hydroxyl groups is 1. The molecule has 0 bridgehead atoms. The van der Waals surface area contributed by atoms with Gasteiger partial charge in [0, 0.05) is 25.7 Å². The van der Waals surface area contributed by atoms with E-state index in [2.05, 4.69) is 41.5 Å². The molecule has 3 unspecified atom stereocenters. The molecule has 0 aromatic heterocycles. The summed E-state index contributed by atoms with van der Waals surface area (Å²) in [5.41, 5.74) is 0. The quantitative estimate of drug-likeness (QED) is 0.0222. The van der Waals surface area contributed by atoms with Gasteiger partial charge in [0.05, 0.1) is 26.4 Å². The first-order valence-corrected chi connectivity index (χ1v) is 38.5. The number of unbranched alkanes of at least 4 members (excludes halogenated alkanes) is 36. The molecule has 0 saturated heterocycles. The zero-order valence-corrected chi connectivity index (χ0v) is 58.1. The summed E-state index contributed by atoms with van der Waals surface area (Å²) >= 11 is 0. The van der Waals surface area contributed by atoms with Gasteiger partial charge in [0.1, 0.15) is 19.3 Å². The molecule has 17 nitrogen and oxygen atoms in total. The number of aliphatic hydroxyl groups excluding tert-OH is 1. The zero-order valence-electron chi connectivity index (χ0n) is 56.3. The summed E-state index contributed by atoms with van der Waals surface area (Å²) in [4.78, 5) is 72.2. The van der Waals surface area contributed by atoms with Crippen LogP contribution in [0.2, 0.25) is 0 Å². The van der Waals surface area contributed by atoms with Crippen molar-refractivity contribution in [1.29, 1.82) is 0 Å². The van der Waals surface area contributed by atoms with Gasteiger partial charge in [0.25, 0.3) is 0 Å². The average molecular weight is 1280 g/mol. The lowest BCUT2D eigenvalue weighted by molar-refractivity contribution is -0.161. The van der Waals surface area contributed by atoms with E-state index >= 15 is 0 Å². The maximum Gasteiger partial charge on any atom is 0.472 e. The molecular weight excluding hydrogens is 1150 g/mol. The first-order valence-electron chi connectivity index (χ1n) is 35.5. The van der Waals surface area contributed by atoms with Crippen LogP contribution in [0.3, 0.4) is 0 Å². The van der Waals surface area contributed by atoms with Gasteiger partial charge < -0.3 is 33.8 Å². The molecule has 0 amide bonds. The Hall–Kier alpha value is -1.94. The van der Waals surface area contributed by atoms with Gasteiger partial charge in [-0.15, -0.1) is 0 Å². The van der Waals surface area contributed by atoms with Crippen molar-refractivity contribution in [3.05, 3.63) is 0 Å². The van der Waals surface area contributed by atoms with Crippen LogP contribution in [0.25, 0.3) is 0 Å². The molecule has 0 saturated carbocycles. The third-order valence-electron chi connectivity index (χ3n) is 16.1. The first kappa shape index (κ1) is 85.1. The molecule has 0 aliphatic heterocycles. The van der Waals surface area contributed by atoms with Crippen LogP contribution in [-0.2, 0) is 65.4 Å². The van der Waals surface area contributed by atoms with Gasteiger partial charge in [0.15, 0.2) is 12.2 Å². The molecule has 6 atom stereocenters. The number of esters is 4. The molecule has 0 aromatic rings. The zero-order chi connectivity index (χ0) is 64.3. The number of phosphoric acid groups is 2. The SMILES string of the molecule is CCCCCCCCCCCCCCC(=O)O[C@H](COC(=O)CCCCCCC)COP(=O)(O)OC[C@H](O)COP(=O)(O)OC[C@@H](COC(=O)CCCCCCCCCCCC(C)C)OC(=O)CCCCCCCCCCCCCCCCC(C)CC. The second-order valence-electron chi connectivity index (χ2n) is 25.3. The summed E-state index contributed by atoms with van der Waals surface area (Å²) in [6.45, 7) is 9.48. The van der Waals surface area contributed by atoms with E-state index in [4.69, 9.17) is 37.0 Å². The van der Waals surface area contributed by atoms with Gasteiger partial charge in [-0.1, -0.05) is 292 Å². The predicted octanol–water partition coefficient (Wildman–Crippen LogP) is 19.2. The molecule has 0 rings (SSSR count). The molecule has 87 heavy (non-hydrogen) atoms. The number of carbonyl (C=O) groups excluding carboxylic acids is 4. The van der Waals surface area contributed by atoms with Crippen molar-refractivity contribution in [2.45, 2.75) is 362 Å². The van der Waals surface area contributed by atoms with E-state index in [1.54, 1.807) is 0 Å². The lowest BCUT2D eigenvalue weighted by Crippen LogP contribution is -2.30. The number of hydrogen-bond donors (Lipinski definition) is 3. The summed E-state index contributed by atoms with van der Waals surface area (Å²) in [6.07, 6.45) is 44.7. The highest BCUT2D eigenvalue weighted by atomic mass is 31.2. The van der Waals surface area contributed by atoms with Gasteiger partial charge in [0.2, 0.25) is 0 Å². The fraction of sp³-hybridized carbons (Fsp3) is 0.941. The van der Waals surface area contributed by atoms with E-state index in [9.17, 15) is 43.2 Å². The van der Waals surface area contributed by atoms with Crippen LogP contribution in [0.4, 0.5) is 0 Å². The second kappa shape index (κ2) is 60.3. The van der Waals surface area contributed by atoms with E-state index < -0.39 is 97.5 Å². The smallest absolute Gasteiger partial charge is 0.462 e. The fourth-order valence-electron chi connectivity index (χ4n) is 10.2. The summed E-state index contributed by atoms with van der Waals surface area (Å²) in [6, 6.07) is 0. The summed E-state index contributed by atoms with van der Waals surface area (Å²) in [5, 5.41) is 10.5. The van der Waals surface area contributed by atoms with E-state index in [0.717, 1.165) is 108 Å². The minimum absolute atomic E-state index is 0.106. The predicted molar refractivity (Wildman–Crippen MR) is 349 cm³/mol. The summed E-state index contributed by atoms with van der Waals surface area (Å²) < 4.78 is 68.0. The molecule has 0 heterocycles. The van der Waals surface area contributed by atoms with E-state index in [0.29, 0.717) is 25.7 Å². The maximum atomic E-state index is 13.0. The van der Waals surface area contributed by atoms with Gasteiger partial charge in [-0.3, -0.25) is 37.3 Å². The molecule has 0 aliphatic rings. The highest BCUT2D eigenvalue weighted by Crippen LogP contribution is 2.45. The van der Waals surface area contributed by atoms with Crippen LogP contribution in [0, 0.1) is 11.8 Å². The fourth-order valence-corrected chi connectivity index (χ4v) is 11.8. The van der Waals surface area contributed by atoms with Crippen LogP contribution in [0.1, 0.15) is 343 Å². The monoisotopic (exact) mass is 1280 g/mol. The number of hydrogen-bond acceptors (Lipinski definition) is 15. The molecule has 0 spiro atoms. The molecule has 3 N–H and O–H groups in total. The van der Waals surface area contributed by atoms with Crippen molar-refractivity contribution in [1.82, 2.24) is 0 Å². The van der Waals surface area contributed by atoms with Gasteiger partial charge in [-0.2, -0.15) is 0 Å². The Morgan fingerprint density at radius 2 is 0.586 bits per heavy atom. The Morgan fingerprint density at radius 1 is 0.333 bits per heavy atom. The number of ether oxygens (including phenoxy) is 4.